The van der Waals surface area contributed by atoms with Crippen molar-refractivity contribution in [3.05, 3.63) is 59.0 Å². The molecular formula is C19H25N3O2. The van der Waals surface area contributed by atoms with E-state index in [9.17, 15) is 4.79 Å². The second-order valence-corrected chi connectivity index (χ2v) is 6.39. The van der Waals surface area contributed by atoms with E-state index in [1.807, 2.05) is 0 Å². The van der Waals surface area contributed by atoms with Gasteiger partial charge in [-0.1, -0.05) is 29.8 Å². The second kappa shape index (κ2) is 7.64. The quantitative estimate of drug-likeness (QED) is 0.855. The van der Waals surface area contributed by atoms with Gasteiger partial charge in [-0.2, -0.15) is 0 Å². The highest BCUT2D eigenvalue weighted by Gasteiger charge is 2.24. The molecule has 1 aliphatic rings. The first-order valence-electron chi connectivity index (χ1n) is 8.53. The van der Waals surface area contributed by atoms with Gasteiger partial charge in [-0.25, -0.2) is 0 Å². The predicted octanol–water partition coefficient (Wildman–Crippen LogP) is 2.61. The number of aryl methyl sites for hydroxylation is 1. The number of benzene rings is 1. The SMILES string of the molecule is Cc1ccc(C(CNC(=O)c2coc(CN)c2)N2CCCC2)cc1. The van der Waals surface area contributed by atoms with Gasteiger partial charge in [-0.05, 0) is 44.5 Å². The second-order valence-electron chi connectivity index (χ2n) is 6.39. The molecule has 0 spiro atoms. The lowest BCUT2D eigenvalue weighted by atomic mass is 10.0. The van der Waals surface area contributed by atoms with E-state index in [-0.39, 0.29) is 11.9 Å². The number of amides is 1. The number of nitrogens with one attached hydrogen (secondary N) is 1. The fourth-order valence-electron chi connectivity index (χ4n) is 3.20. The molecule has 2 heterocycles. The van der Waals surface area contributed by atoms with Gasteiger partial charge in [0.2, 0.25) is 0 Å². The van der Waals surface area contributed by atoms with E-state index in [1.54, 1.807) is 6.07 Å². The van der Waals surface area contributed by atoms with Crippen molar-refractivity contribution in [2.24, 2.45) is 5.73 Å². The minimum Gasteiger partial charge on any atom is -0.467 e. The summed E-state index contributed by atoms with van der Waals surface area (Å²) in [5, 5.41) is 3.05. The summed E-state index contributed by atoms with van der Waals surface area (Å²) < 4.78 is 5.24. The van der Waals surface area contributed by atoms with Crippen LogP contribution in [-0.4, -0.2) is 30.4 Å². The van der Waals surface area contributed by atoms with Crippen molar-refractivity contribution >= 4 is 5.91 Å². The van der Waals surface area contributed by atoms with Crippen LogP contribution in [0.5, 0.6) is 0 Å². The van der Waals surface area contributed by atoms with Crippen molar-refractivity contribution in [1.82, 2.24) is 10.2 Å². The highest BCUT2D eigenvalue weighted by atomic mass is 16.3. The van der Waals surface area contributed by atoms with Gasteiger partial charge in [0, 0.05) is 6.54 Å². The smallest absolute Gasteiger partial charge is 0.254 e. The van der Waals surface area contributed by atoms with Gasteiger partial charge in [-0.15, -0.1) is 0 Å². The molecule has 3 N–H and O–H groups in total. The van der Waals surface area contributed by atoms with Gasteiger partial charge in [-0.3, -0.25) is 9.69 Å². The normalized spacial score (nSPS) is 16.2. The number of nitrogens with two attached hydrogens (primary N) is 1. The molecule has 5 nitrogen and oxygen atoms in total. The molecule has 0 bridgehead atoms. The number of likely N-dealkylation sites (tertiary alicyclic amines) is 1. The average molecular weight is 327 g/mol. The Morgan fingerprint density at radius 2 is 2.00 bits per heavy atom. The number of furan rings is 1. The maximum absolute atomic E-state index is 12.3. The Balaban J connectivity index is 1.69. The van der Waals surface area contributed by atoms with Crippen LogP contribution in [0.25, 0.3) is 0 Å². The van der Waals surface area contributed by atoms with Crippen LogP contribution in [0.15, 0.2) is 41.0 Å². The van der Waals surface area contributed by atoms with Gasteiger partial charge in [0.05, 0.1) is 18.2 Å². The van der Waals surface area contributed by atoms with Crippen molar-refractivity contribution < 1.29 is 9.21 Å². The first kappa shape index (κ1) is 16.7. The molecule has 2 aromatic rings. The molecule has 1 unspecified atom stereocenters. The summed E-state index contributed by atoms with van der Waals surface area (Å²) in [5.41, 5.74) is 8.55. The van der Waals surface area contributed by atoms with Gasteiger partial charge >= 0.3 is 0 Å². The molecule has 24 heavy (non-hydrogen) atoms. The number of hydrogen-bond donors (Lipinski definition) is 2. The largest absolute Gasteiger partial charge is 0.467 e. The van der Waals surface area contributed by atoms with E-state index >= 15 is 0 Å². The minimum absolute atomic E-state index is 0.116. The summed E-state index contributed by atoms with van der Waals surface area (Å²) >= 11 is 0. The van der Waals surface area contributed by atoms with E-state index in [0.29, 0.717) is 24.4 Å². The van der Waals surface area contributed by atoms with Gasteiger partial charge < -0.3 is 15.5 Å². The van der Waals surface area contributed by atoms with Crippen LogP contribution in [0, 0.1) is 6.92 Å². The molecule has 0 radical (unpaired) electrons. The molecule has 0 aliphatic carbocycles. The zero-order valence-electron chi connectivity index (χ0n) is 14.1. The van der Waals surface area contributed by atoms with Gasteiger partial charge in [0.25, 0.3) is 5.91 Å². The maximum atomic E-state index is 12.3. The Bertz CT molecular complexity index is 672. The minimum atomic E-state index is -0.116. The number of nitrogens with zero attached hydrogens (tertiary/aromatic N) is 1. The topological polar surface area (TPSA) is 71.5 Å². The molecular weight excluding hydrogens is 302 g/mol. The van der Waals surface area contributed by atoms with Crippen LogP contribution < -0.4 is 11.1 Å². The van der Waals surface area contributed by atoms with Crippen LogP contribution >= 0.6 is 0 Å². The summed E-state index contributed by atoms with van der Waals surface area (Å²) in [4.78, 5) is 14.8. The van der Waals surface area contributed by atoms with Crippen molar-refractivity contribution in [2.75, 3.05) is 19.6 Å². The van der Waals surface area contributed by atoms with Crippen molar-refractivity contribution in [3.63, 3.8) is 0 Å². The molecule has 1 atom stereocenters. The fourth-order valence-corrected chi connectivity index (χ4v) is 3.20. The van der Waals surface area contributed by atoms with Crippen LogP contribution in [0.2, 0.25) is 0 Å². The standard InChI is InChI=1S/C19H25N3O2/c1-14-4-6-15(7-5-14)18(22-8-2-3-9-22)12-21-19(23)16-10-17(11-20)24-13-16/h4-7,10,13,18H,2-3,8-9,11-12,20H2,1H3,(H,21,23). The molecule has 1 aromatic carbocycles. The highest BCUT2D eigenvalue weighted by molar-refractivity contribution is 5.94. The molecule has 1 amide bonds. The van der Waals surface area contributed by atoms with Gasteiger partial charge in [0.1, 0.15) is 12.0 Å². The van der Waals surface area contributed by atoms with Crippen LogP contribution in [0.4, 0.5) is 0 Å². The Labute approximate surface area is 142 Å². The summed E-state index contributed by atoms with van der Waals surface area (Å²) in [6, 6.07) is 10.5. The maximum Gasteiger partial charge on any atom is 0.254 e. The summed E-state index contributed by atoms with van der Waals surface area (Å²) in [5.74, 6) is 0.504. The van der Waals surface area contributed by atoms with Crippen molar-refractivity contribution in [1.29, 1.82) is 0 Å². The third kappa shape index (κ3) is 3.86. The summed E-state index contributed by atoms with van der Waals surface area (Å²) in [6.45, 7) is 5.14. The monoisotopic (exact) mass is 327 g/mol. The first-order valence-corrected chi connectivity index (χ1v) is 8.53. The first-order chi connectivity index (χ1) is 11.7. The number of rotatable bonds is 6. The molecule has 128 valence electrons. The van der Waals surface area contributed by atoms with Crippen LogP contribution in [0.1, 0.15) is 46.1 Å². The lowest BCUT2D eigenvalue weighted by Gasteiger charge is -2.28. The van der Waals surface area contributed by atoms with E-state index in [2.05, 4.69) is 41.4 Å². The van der Waals surface area contributed by atoms with E-state index in [0.717, 1.165) is 13.1 Å². The van der Waals surface area contributed by atoms with Crippen molar-refractivity contribution in [2.45, 2.75) is 32.4 Å². The third-order valence-corrected chi connectivity index (χ3v) is 4.62. The van der Waals surface area contributed by atoms with E-state index in [1.165, 1.54) is 30.2 Å². The Kier molecular flexibility index (Phi) is 5.33. The zero-order valence-corrected chi connectivity index (χ0v) is 14.1. The Morgan fingerprint density at radius 1 is 1.29 bits per heavy atom. The number of hydrogen-bond acceptors (Lipinski definition) is 4. The third-order valence-electron chi connectivity index (χ3n) is 4.62. The van der Waals surface area contributed by atoms with Crippen LogP contribution in [0.3, 0.4) is 0 Å². The van der Waals surface area contributed by atoms with Crippen molar-refractivity contribution in [3.8, 4) is 0 Å². The predicted molar refractivity (Wildman–Crippen MR) is 93.7 cm³/mol. The molecule has 1 aromatic heterocycles. The van der Waals surface area contributed by atoms with E-state index in [4.69, 9.17) is 10.2 Å². The fraction of sp³-hybridized carbons (Fsp3) is 0.421. The number of carbonyl (C=O) groups is 1. The Morgan fingerprint density at radius 3 is 2.62 bits per heavy atom. The molecule has 1 saturated heterocycles. The molecule has 1 aliphatic heterocycles. The molecule has 0 saturated carbocycles. The summed E-state index contributed by atoms with van der Waals surface area (Å²) in [7, 11) is 0. The Hall–Kier alpha value is -2.11. The molecule has 3 rings (SSSR count). The molecule has 1 fully saturated rings. The van der Waals surface area contributed by atoms with Gasteiger partial charge in [0.15, 0.2) is 0 Å². The zero-order chi connectivity index (χ0) is 16.9. The highest BCUT2D eigenvalue weighted by Crippen LogP contribution is 2.25. The lowest BCUT2D eigenvalue weighted by molar-refractivity contribution is 0.0937. The molecule has 5 heteroatoms. The van der Waals surface area contributed by atoms with E-state index < -0.39 is 0 Å². The van der Waals surface area contributed by atoms with Crippen LogP contribution in [-0.2, 0) is 6.54 Å². The number of carbonyl (C=O) groups excluding carboxylic acids is 1. The summed E-state index contributed by atoms with van der Waals surface area (Å²) in [6.07, 6.45) is 3.91. The lowest BCUT2D eigenvalue weighted by Crippen LogP contribution is -2.36. The average Bonchev–Trinajstić information content (AvgIpc) is 3.28.